The highest BCUT2D eigenvalue weighted by Crippen LogP contribution is 2.33. The highest BCUT2D eigenvalue weighted by molar-refractivity contribution is 7.17. The molecule has 5 heteroatoms. The van der Waals surface area contributed by atoms with E-state index in [1.807, 2.05) is 60.7 Å². The molecule has 1 unspecified atom stereocenters. The quantitative estimate of drug-likeness (QED) is 0.522. The number of nitrogens with one attached hydrogen (secondary N) is 1. The number of hydrogen-bond donors (Lipinski definition) is 1. The number of hydrogen-bond acceptors (Lipinski definition) is 4. The molecular weight excluding hydrogens is 378 g/mol. The summed E-state index contributed by atoms with van der Waals surface area (Å²) in [5, 5.41) is 4.05. The van der Waals surface area contributed by atoms with Crippen molar-refractivity contribution in [3.63, 3.8) is 0 Å². The van der Waals surface area contributed by atoms with E-state index < -0.39 is 0 Å². The van der Waals surface area contributed by atoms with Gasteiger partial charge in [-0.05, 0) is 26.4 Å². The molecule has 3 aromatic rings. The van der Waals surface area contributed by atoms with Crippen LogP contribution in [0.1, 0.15) is 36.9 Å². The summed E-state index contributed by atoms with van der Waals surface area (Å²) in [6.07, 6.45) is 0.929. The molecule has 0 spiro atoms. The first kappa shape index (κ1) is 21.2. The van der Waals surface area contributed by atoms with E-state index in [2.05, 4.69) is 31.0 Å². The average molecular weight is 408 g/mol. The van der Waals surface area contributed by atoms with Crippen molar-refractivity contribution >= 4 is 17.2 Å². The molecule has 152 valence electrons. The summed E-state index contributed by atoms with van der Waals surface area (Å²) in [4.78, 5) is 21.0. The van der Waals surface area contributed by atoms with Crippen LogP contribution in [0.15, 0.2) is 60.7 Å². The van der Waals surface area contributed by atoms with Crippen LogP contribution in [0.25, 0.3) is 21.8 Å². The Hall–Kier alpha value is -2.50. The monoisotopic (exact) mass is 407 g/mol. The van der Waals surface area contributed by atoms with E-state index in [1.54, 1.807) is 0 Å². The molecule has 0 saturated carbocycles. The zero-order valence-electron chi connectivity index (χ0n) is 17.4. The summed E-state index contributed by atoms with van der Waals surface area (Å²) >= 11 is 1.46. The van der Waals surface area contributed by atoms with Gasteiger partial charge >= 0.3 is 0 Å². The second-order valence-corrected chi connectivity index (χ2v) is 8.12. The fourth-order valence-corrected chi connectivity index (χ4v) is 4.24. The van der Waals surface area contributed by atoms with Crippen LogP contribution in [0.2, 0.25) is 0 Å². The Labute approximate surface area is 177 Å². The van der Waals surface area contributed by atoms with Gasteiger partial charge in [0, 0.05) is 23.7 Å². The van der Waals surface area contributed by atoms with E-state index in [4.69, 9.17) is 4.98 Å². The maximum Gasteiger partial charge on any atom is 0.263 e. The van der Waals surface area contributed by atoms with Crippen LogP contribution in [0.4, 0.5) is 0 Å². The van der Waals surface area contributed by atoms with Crippen molar-refractivity contribution in [3.8, 4) is 21.8 Å². The zero-order chi connectivity index (χ0) is 20.6. The highest BCUT2D eigenvalue weighted by atomic mass is 32.1. The third-order valence-electron chi connectivity index (χ3n) is 5.05. The Balaban J connectivity index is 1.83. The smallest absolute Gasteiger partial charge is 0.263 e. The predicted octanol–water partition coefficient (Wildman–Crippen LogP) is 5.33. The molecule has 1 atom stereocenters. The van der Waals surface area contributed by atoms with Gasteiger partial charge in [-0.15, -0.1) is 11.3 Å². The number of carbonyl (C=O) groups is 1. The van der Waals surface area contributed by atoms with E-state index in [0.717, 1.165) is 47.9 Å². The molecule has 0 radical (unpaired) electrons. The first-order valence-corrected chi connectivity index (χ1v) is 11.1. The summed E-state index contributed by atoms with van der Waals surface area (Å²) in [6, 6.07) is 20.1. The number of thiazole rings is 1. The molecule has 1 N–H and O–H groups in total. The Bertz CT molecular complexity index is 904. The molecular formula is C24H29N3OS. The molecule has 1 heterocycles. The molecule has 0 bridgehead atoms. The van der Waals surface area contributed by atoms with Gasteiger partial charge in [-0.2, -0.15) is 0 Å². The molecule has 0 aliphatic rings. The van der Waals surface area contributed by atoms with Gasteiger partial charge in [0.1, 0.15) is 9.88 Å². The number of amides is 1. The van der Waals surface area contributed by atoms with Crippen LogP contribution in [-0.2, 0) is 0 Å². The number of rotatable bonds is 9. The van der Waals surface area contributed by atoms with Crippen molar-refractivity contribution < 1.29 is 4.79 Å². The fourth-order valence-electron chi connectivity index (χ4n) is 3.25. The third-order valence-corrected chi connectivity index (χ3v) is 6.15. The maximum absolute atomic E-state index is 13.1. The SMILES string of the molecule is CCN(CC)CCC(C)NC(=O)c1sc(-c2ccccc2)nc1-c1ccccc1. The van der Waals surface area contributed by atoms with Crippen molar-refractivity contribution in [2.75, 3.05) is 19.6 Å². The topological polar surface area (TPSA) is 45.2 Å². The van der Waals surface area contributed by atoms with Gasteiger partial charge < -0.3 is 10.2 Å². The van der Waals surface area contributed by atoms with Crippen LogP contribution in [0.3, 0.4) is 0 Å². The van der Waals surface area contributed by atoms with E-state index in [-0.39, 0.29) is 11.9 Å². The normalized spacial score (nSPS) is 12.1. The molecule has 4 nitrogen and oxygen atoms in total. The summed E-state index contributed by atoms with van der Waals surface area (Å²) < 4.78 is 0. The predicted molar refractivity (Wildman–Crippen MR) is 122 cm³/mol. The lowest BCUT2D eigenvalue weighted by atomic mass is 10.1. The van der Waals surface area contributed by atoms with Crippen molar-refractivity contribution in [1.82, 2.24) is 15.2 Å². The second kappa shape index (κ2) is 10.3. The van der Waals surface area contributed by atoms with Gasteiger partial charge in [0.05, 0.1) is 5.69 Å². The van der Waals surface area contributed by atoms with Crippen LogP contribution in [0, 0.1) is 0 Å². The second-order valence-electron chi connectivity index (χ2n) is 7.12. The van der Waals surface area contributed by atoms with Crippen molar-refractivity contribution in [1.29, 1.82) is 0 Å². The molecule has 0 fully saturated rings. The standard InChI is InChI=1S/C24H29N3OS/c1-4-27(5-2)17-16-18(3)25-23(28)22-21(19-12-8-6-9-13-19)26-24(29-22)20-14-10-7-11-15-20/h6-15,18H,4-5,16-17H2,1-3H3,(H,25,28). The molecule has 0 aliphatic heterocycles. The van der Waals surface area contributed by atoms with Gasteiger partial charge in [0.15, 0.2) is 0 Å². The summed E-state index contributed by atoms with van der Waals surface area (Å²) in [6.45, 7) is 9.46. The molecule has 29 heavy (non-hydrogen) atoms. The van der Waals surface area contributed by atoms with E-state index in [0.29, 0.717) is 4.88 Å². The maximum atomic E-state index is 13.1. The van der Waals surface area contributed by atoms with Gasteiger partial charge in [-0.1, -0.05) is 74.5 Å². The van der Waals surface area contributed by atoms with Gasteiger partial charge in [0.2, 0.25) is 0 Å². The van der Waals surface area contributed by atoms with Crippen LogP contribution in [0.5, 0.6) is 0 Å². The molecule has 3 rings (SSSR count). The summed E-state index contributed by atoms with van der Waals surface area (Å²) in [5.74, 6) is -0.0458. The molecule has 1 aromatic heterocycles. The number of benzene rings is 2. The molecule has 1 amide bonds. The zero-order valence-corrected chi connectivity index (χ0v) is 18.2. The third kappa shape index (κ3) is 5.52. The minimum atomic E-state index is -0.0458. The number of aromatic nitrogens is 1. The lowest BCUT2D eigenvalue weighted by molar-refractivity contribution is 0.0940. The van der Waals surface area contributed by atoms with Gasteiger partial charge in [0.25, 0.3) is 5.91 Å². The van der Waals surface area contributed by atoms with Gasteiger partial charge in [-0.3, -0.25) is 4.79 Å². The lowest BCUT2D eigenvalue weighted by Gasteiger charge is -2.21. The fraction of sp³-hybridized carbons (Fsp3) is 0.333. The van der Waals surface area contributed by atoms with E-state index >= 15 is 0 Å². The average Bonchev–Trinajstić information content (AvgIpc) is 3.21. The van der Waals surface area contributed by atoms with Crippen LogP contribution >= 0.6 is 11.3 Å². The van der Waals surface area contributed by atoms with E-state index in [1.165, 1.54) is 11.3 Å². The number of carbonyl (C=O) groups excluding carboxylic acids is 1. The minimum Gasteiger partial charge on any atom is -0.349 e. The highest BCUT2D eigenvalue weighted by Gasteiger charge is 2.21. The summed E-state index contributed by atoms with van der Waals surface area (Å²) in [5.41, 5.74) is 2.75. The van der Waals surface area contributed by atoms with Gasteiger partial charge in [-0.25, -0.2) is 4.98 Å². The Morgan fingerprint density at radius 3 is 2.17 bits per heavy atom. The van der Waals surface area contributed by atoms with Crippen LogP contribution in [-0.4, -0.2) is 41.5 Å². The molecule has 0 saturated heterocycles. The Kier molecular flexibility index (Phi) is 7.55. The van der Waals surface area contributed by atoms with E-state index in [9.17, 15) is 4.79 Å². The first-order chi connectivity index (χ1) is 14.1. The first-order valence-electron chi connectivity index (χ1n) is 10.3. The van der Waals surface area contributed by atoms with Crippen LogP contribution < -0.4 is 5.32 Å². The molecule has 0 aliphatic carbocycles. The lowest BCUT2D eigenvalue weighted by Crippen LogP contribution is -2.36. The Morgan fingerprint density at radius 2 is 1.59 bits per heavy atom. The van der Waals surface area contributed by atoms with Crippen molar-refractivity contribution in [2.24, 2.45) is 0 Å². The number of nitrogens with zero attached hydrogens (tertiary/aromatic N) is 2. The van der Waals surface area contributed by atoms with Crippen molar-refractivity contribution in [2.45, 2.75) is 33.2 Å². The Morgan fingerprint density at radius 1 is 1.00 bits per heavy atom. The minimum absolute atomic E-state index is 0.0458. The molecule has 2 aromatic carbocycles. The largest absolute Gasteiger partial charge is 0.349 e. The van der Waals surface area contributed by atoms with Crippen molar-refractivity contribution in [3.05, 3.63) is 65.5 Å². The summed E-state index contributed by atoms with van der Waals surface area (Å²) in [7, 11) is 0.